The number of carboxylic acid groups (broad SMARTS) is 1. The first-order chi connectivity index (χ1) is 10.6. The number of nitrogens with one attached hydrogen (secondary N) is 1. The van der Waals surface area contributed by atoms with Crippen molar-refractivity contribution in [3.8, 4) is 0 Å². The second-order valence-corrected chi connectivity index (χ2v) is 5.42. The fourth-order valence-corrected chi connectivity index (χ4v) is 2.75. The average molecular weight is 332 g/mol. The van der Waals surface area contributed by atoms with Gasteiger partial charge in [0, 0.05) is 12.2 Å². The Balaban J connectivity index is 2.36. The molecular formula is C14H15F3N2O4. The molecule has 0 aromatic carbocycles. The van der Waals surface area contributed by atoms with Crippen LogP contribution in [0, 0.1) is 6.92 Å². The van der Waals surface area contributed by atoms with E-state index in [9.17, 15) is 32.7 Å². The predicted octanol–water partition coefficient (Wildman–Crippen LogP) is 1.69. The highest BCUT2D eigenvalue weighted by atomic mass is 19.4. The summed E-state index contributed by atoms with van der Waals surface area (Å²) in [4.78, 5) is 35.4. The highest BCUT2D eigenvalue weighted by Crippen LogP contribution is 2.29. The molecule has 1 aromatic heterocycles. The van der Waals surface area contributed by atoms with Crippen molar-refractivity contribution in [1.82, 2.24) is 9.88 Å². The number of nitrogens with zero attached hydrogens (tertiary/aromatic N) is 1. The third-order valence-electron chi connectivity index (χ3n) is 3.88. The number of amides is 1. The highest BCUT2D eigenvalue weighted by molar-refractivity contribution is 6.43. The van der Waals surface area contributed by atoms with Gasteiger partial charge in [0.2, 0.25) is 0 Å². The van der Waals surface area contributed by atoms with E-state index in [1.165, 1.54) is 11.5 Å². The fraction of sp³-hybridized carbons (Fsp3) is 0.500. The van der Waals surface area contributed by atoms with Gasteiger partial charge in [-0.2, -0.15) is 13.2 Å². The second-order valence-electron chi connectivity index (χ2n) is 5.42. The molecule has 1 aromatic rings. The van der Waals surface area contributed by atoms with E-state index in [0.717, 1.165) is 6.92 Å². The Bertz CT molecular complexity index is 691. The minimum Gasteiger partial charge on any atom is -0.478 e. The number of carboxylic acids is 1. The van der Waals surface area contributed by atoms with Crippen LogP contribution in [0.1, 0.15) is 45.4 Å². The molecule has 9 heteroatoms. The van der Waals surface area contributed by atoms with Crippen molar-refractivity contribution < 1.29 is 32.7 Å². The van der Waals surface area contributed by atoms with E-state index in [0.29, 0.717) is 25.1 Å². The summed E-state index contributed by atoms with van der Waals surface area (Å²) in [6, 6.07) is -2.17. The number of carbonyl (C=O) groups is 3. The van der Waals surface area contributed by atoms with Crippen LogP contribution in [0.3, 0.4) is 0 Å². The summed E-state index contributed by atoms with van der Waals surface area (Å²) in [5, 5.41) is 10.8. The number of halogens is 3. The minimum absolute atomic E-state index is 0.0532. The van der Waals surface area contributed by atoms with E-state index in [-0.39, 0.29) is 16.8 Å². The van der Waals surface area contributed by atoms with Gasteiger partial charge in [-0.3, -0.25) is 9.59 Å². The lowest BCUT2D eigenvalue weighted by atomic mass is 10.1. The molecular weight excluding hydrogens is 317 g/mol. The molecule has 23 heavy (non-hydrogen) atoms. The molecule has 1 aliphatic heterocycles. The molecule has 0 radical (unpaired) electrons. The first-order valence-corrected chi connectivity index (χ1v) is 6.92. The molecule has 2 rings (SSSR count). The Labute approximate surface area is 129 Å². The normalized spacial score (nSPS) is 15.2. The second kappa shape index (κ2) is 5.71. The van der Waals surface area contributed by atoms with Crippen LogP contribution in [0.25, 0.3) is 0 Å². The Morgan fingerprint density at radius 2 is 1.91 bits per heavy atom. The van der Waals surface area contributed by atoms with Crippen LogP contribution < -0.4 is 5.32 Å². The maximum Gasteiger partial charge on any atom is 0.408 e. The summed E-state index contributed by atoms with van der Waals surface area (Å²) in [6.45, 7) is 2.46. The van der Waals surface area contributed by atoms with Crippen molar-refractivity contribution in [3.63, 3.8) is 0 Å². The summed E-state index contributed by atoms with van der Waals surface area (Å²) in [5.74, 6) is -3.78. The maximum atomic E-state index is 12.5. The van der Waals surface area contributed by atoms with E-state index in [1.54, 1.807) is 5.32 Å². The molecule has 2 heterocycles. The topological polar surface area (TPSA) is 88.4 Å². The molecule has 1 aliphatic rings. The standard InChI is InChI=1S/C14H15F3N2O4/c1-6-9(13(22)23)8-4-3-5-19(8)10(6)11(20)12(21)18-7(2)14(15,16)17/h7H,3-5H2,1-2H3,(H,18,21)(H,22,23). The van der Waals surface area contributed by atoms with Crippen LogP contribution in [0.5, 0.6) is 0 Å². The zero-order valence-electron chi connectivity index (χ0n) is 12.5. The monoisotopic (exact) mass is 332 g/mol. The molecule has 0 saturated carbocycles. The van der Waals surface area contributed by atoms with Gasteiger partial charge in [0.25, 0.3) is 11.7 Å². The number of Topliss-reactive ketones (excluding diaryl/α,β-unsaturated/α-hetero) is 1. The number of fused-ring (bicyclic) bond motifs is 1. The number of ketones is 1. The van der Waals surface area contributed by atoms with Crippen molar-refractivity contribution in [2.24, 2.45) is 0 Å². The number of rotatable bonds is 4. The molecule has 2 N–H and O–H groups in total. The van der Waals surface area contributed by atoms with Crippen LogP contribution in [-0.4, -0.2) is 39.6 Å². The molecule has 0 bridgehead atoms. The summed E-state index contributed by atoms with van der Waals surface area (Å²) in [5.41, 5.74) is 0.325. The largest absolute Gasteiger partial charge is 0.478 e. The van der Waals surface area contributed by atoms with E-state index in [2.05, 4.69) is 0 Å². The predicted molar refractivity (Wildman–Crippen MR) is 72.4 cm³/mol. The van der Waals surface area contributed by atoms with Crippen LogP contribution in [0.2, 0.25) is 0 Å². The number of hydrogen-bond acceptors (Lipinski definition) is 3. The number of hydrogen-bond donors (Lipinski definition) is 2. The first-order valence-electron chi connectivity index (χ1n) is 6.92. The number of aromatic carboxylic acids is 1. The molecule has 0 aliphatic carbocycles. The van der Waals surface area contributed by atoms with Gasteiger partial charge >= 0.3 is 12.1 Å². The molecule has 6 nitrogen and oxygen atoms in total. The summed E-state index contributed by atoms with van der Waals surface area (Å²) >= 11 is 0. The Morgan fingerprint density at radius 3 is 2.43 bits per heavy atom. The van der Waals surface area contributed by atoms with Gasteiger partial charge in [0.1, 0.15) is 6.04 Å². The smallest absolute Gasteiger partial charge is 0.408 e. The molecule has 0 spiro atoms. The Morgan fingerprint density at radius 1 is 1.30 bits per heavy atom. The lowest BCUT2D eigenvalue weighted by Crippen LogP contribution is -2.46. The van der Waals surface area contributed by atoms with E-state index in [4.69, 9.17) is 0 Å². The third kappa shape index (κ3) is 2.95. The van der Waals surface area contributed by atoms with Crippen LogP contribution in [-0.2, 0) is 17.8 Å². The fourth-order valence-electron chi connectivity index (χ4n) is 2.75. The maximum absolute atomic E-state index is 12.5. The van der Waals surface area contributed by atoms with Gasteiger partial charge in [-0.05, 0) is 32.3 Å². The molecule has 1 unspecified atom stereocenters. The zero-order valence-corrected chi connectivity index (χ0v) is 12.5. The lowest BCUT2D eigenvalue weighted by Gasteiger charge is -2.17. The Kier molecular flexibility index (Phi) is 4.23. The van der Waals surface area contributed by atoms with Gasteiger partial charge in [-0.25, -0.2) is 4.79 Å². The van der Waals surface area contributed by atoms with Crippen molar-refractivity contribution in [2.75, 3.05) is 0 Å². The van der Waals surface area contributed by atoms with E-state index >= 15 is 0 Å². The average Bonchev–Trinajstić information content (AvgIpc) is 2.95. The summed E-state index contributed by atoms with van der Waals surface area (Å²) < 4.78 is 38.8. The summed E-state index contributed by atoms with van der Waals surface area (Å²) in [6.07, 6.45) is -3.62. The molecule has 1 amide bonds. The van der Waals surface area contributed by atoms with Gasteiger partial charge in [-0.15, -0.1) is 0 Å². The van der Waals surface area contributed by atoms with Crippen LogP contribution >= 0.6 is 0 Å². The number of carbonyl (C=O) groups excluding carboxylic acids is 2. The van der Waals surface area contributed by atoms with Crippen LogP contribution in [0.15, 0.2) is 0 Å². The first kappa shape index (κ1) is 17.0. The number of alkyl halides is 3. The van der Waals surface area contributed by atoms with Crippen molar-refractivity contribution >= 4 is 17.7 Å². The van der Waals surface area contributed by atoms with Gasteiger partial charge in [0.05, 0.1) is 11.3 Å². The zero-order chi connectivity index (χ0) is 17.5. The quantitative estimate of drug-likeness (QED) is 0.649. The highest BCUT2D eigenvalue weighted by Gasteiger charge is 2.39. The van der Waals surface area contributed by atoms with Gasteiger partial charge in [-0.1, -0.05) is 0 Å². The molecule has 0 saturated heterocycles. The molecule has 1 atom stereocenters. The van der Waals surface area contributed by atoms with E-state index in [1.807, 2.05) is 0 Å². The minimum atomic E-state index is -4.67. The van der Waals surface area contributed by atoms with Crippen molar-refractivity contribution in [1.29, 1.82) is 0 Å². The van der Waals surface area contributed by atoms with Gasteiger partial charge < -0.3 is 15.0 Å². The molecule has 126 valence electrons. The third-order valence-corrected chi connectivity index (χ3v) is 3.88. The Hall–Kier alpha value is -2.32. The number of aromatic nitrogens is 1. The summed E-state index contributed by atoms with van der Waals surface area (Å²) in [7, 11) is 0. The van der Waals surface area contributed by atoms with Crippen LogP contribution in [0.4, 0.5) is 13.2 Å². The van der Waals surface area contributed by atoms with Gasteiger partial charge in [0.15, 0.2) is 0 Å². The molecule has 0 fully saturated rings. The van der Waals surface area contributed by atoms with E-state index < -0.39 is 29.9 Å². The van der Waals surface area contributed by atoms with Crippen molar-refractivity contribution in [3.05, 3.63) is 22.5 Å². The lowest BCUT2D eigenvalue weighted by molar-refractivity contribution is -0.156. The van der Waals surface area contributed by atoms with Crippen molar-refractivity contribution in [2.45, 2.75) is 45.5 Å². The SMILES string of the molecule is Cc1c(C(=O)O)c2n(c1C(=O)C(=O)NC(C)C(F)(F)F)CCC2.